The number of ether oxygens (including phenoxy) is 1. The zero-order valence-corrected chi connectivity index (χ0v) is 8.82. The van der Waals surface area contributed by atoms with Gasteiger partial charge in [0, 0.05) is 0 Å². The normalized spacial score (nSPS) is 12.6. The van der Waals surface area contributed by atoms with E-state index in [2.05, 4.69) is 4.98 Å². The topological polar surface area (TPSA) is 59.4 Å². The average molecular weight is 223 g/mol. The summed E-state index contributed by atoms with van der Waals surface area (Å²) in [5.74, 6) is -0.991. The van der Waals surface area contributed by atoms with Crippen molar-refractivity contribution in [2.75, 3.05) is 0 Å². The van der Waals surface area contributed by atoms with Gasteiger partial charge in [0.25, 0.3) is 5.19 Å². The summed E-state index contributed by atoms with van der Waals surface area (Å²) in [4.78, 5) is 14.7. The van der Waals surface area contributed by atoms with Gasteiger partial charge in [0.05, 0.1) is 10.2 Å². The molecule has 0 aliphatic heterocycles. The molecule has 0 saturated carbocycles. The molecule has 0 saturated heterocycles. The highest BCUT2D eigenvalue weighted by Gasteiger charge is 2.14. The van der Waals surface area contributed by atoms with Crippen molar-refractivity contribution < 1.29 is 14.6 Å². The Morgan fingerprint density at radius 2 is 2.27 bits per heavy atom. The number of rotatable bonds is 3. The molecule has 1 aromatic heterocycles. The standard InChI is InChI=1S/C10H9NO3S/c1-6(9(12)13)14-10-11-7-4-2-3-5-8(7)15-10/h2-6H,1H3,(H,12,13)/t6-/m0/s1. The minimum absolute atomic E-state index is 0.395. The summed E-state index contributed by atoms with van der Waals surface area (Å²) in [5, 5.41) is 9.06. The molecule has 0 spiro atoms. The van der Waals surface area contributed by atoms with E-state index in [1.807, 2.05) is 24.3 Å². The third kappa shape index (κ3) is 2.07. The number of aliphatic carboxylic acids is 1. The van der Waals surface area contributed by atoms with Gasteiger partial charge in [-0.1, -0.05) is 23.5 Å². The molecule has 1 atom stereocenters. The van der Waals surface area contributed by atoms with Crippen LogP contribution in [-0.2, 0) is 4.79 Å². The second kappa shape index (κ2) is 3.86. The van der Waals surface area contributed by atoms with Crippen molar-refractivity contribution in [3.63, 3.8) is 0 Å². The number of carboxylic acids is 1. The summed E-state index contributed by atoms with van der Waals surface area (Å²) in [7, 11) is 0. The molecule has 15 heavy (non-hydrogen) atoms. The number of hydrogen-bond donors (Lipinski definition) is 1. The second-order valence-electron chi connectivity index (χ2n) is 3.05. The second-order valence-corrected chi connectivity index (χ2v) is 4.04. The first kappa shape index (κ1) is 9.92. The van der Waals surface area contributed by atoms with Crippen LogP contribution in [0.25, 0.3) is 10.2 Å². The molecule has 0 aliphatic carbocycles. The number of aromatic nitrogens is 1. The van der Waals surface area contributed by atoms with Crippen LogP contribution in [0.4, 0.5) is 0 Å². The van der Waals surface area contributed by atoms with E-state index in [-0.39, 0.29) is 0 Å². The van der Waals surface area contributed by atoms with Crippen molar-refractivity contribution in [3.05, 3.63) is 24.3 Å². The molecule has 4 nitrogen and oxygen atoms in total. The molecule has 0 unspecified atom stereocenters. The molecule has 1 heterocycles. The van der Waals surface area contributed by atoms with Crippen LogP contribution < -0.4 is 4.74 Å². The van der Waals surface area contributed by atoms with Gasteiger partial charge in [-0.3, -0.25) is 0 Å². The van der Waals surface area contributed by atoms with Gasteiger partial charge < -0.3 is 9.84 Å². The van der Waals surface area contributed by atoms with Gasteiger partial charge in [-0.05, 0) is 19.1 Å². The molecule has 2 rings (SSSR count). The van der Waals surface area contributed by atoms with Crippen molar-refractivity contribution in [3.8, 4) is 5.19 Å². The fourth-order valence-electron chi connectivity index (χ4n) is 1.10. The molecule has 1 aromatic carbocycles. The van der Waals surface area contributed by atoms with E-state index < -0.39 is 12.1 Å². The fourth-order valence-corrected chi connectivity index (χ4v) is 1.99. The largest absolute Gasteiger partial charge is 0.479 e. The third-order valence-electron chi connectivity index (χ3n) is 1.90. The van der Waals surface area contributed by atoms with E-state index in [4.69, 9.17) is 9.84 Å². The first-order valence-corrected chi connectivity index (χ1v) is 5.23. The summed E-state index contributed by atoms with van der Waals surface area (Å²) in [6.45, 7) is 1.48. The lowest BCUT2D eigenvalue weighted by molar-refractivity contribution is -0.144. The average Bonchev–Trinajstić information content (AvgIpc) is 2.59. The lowest BCUT2D eigenvalue weighted by atomic mass is 10.3. The van der Waals surface area contributed by atoms with E-state index in [9.17, 15) is 4.79 Å². The summed E-state index contributed by atoms with van der Waals surface area (Å²) in [5.41, 5.74) is 0.829. The van der Waals surface area contributed by atoms with Crippen LogP contribution in [0.15, 0.2) is 24.3 Å². The van der Waals surface area contributed by atoms with E-state index >= 15 is 0 Å². The molecule has 5 heteroatoms. The molecular formula is C10H9NO3S. The van der Waals surface area contributed by atoms with Gasteiger partial charge in [-0.2, -0.15) is 0 Å². The lowest BCUT2D eigenvalue weighted by Crippen LogP contribution is -2.22. The zero-order chi connectivity index (χ0) is 10.8. The predicted molar refractivity (Wildman–Crippen MR) is 57.3 cm³/mol. The molecule has 1 N–H and O–H groups in total. The van der Waals surface area contributed by atoms with Gasteiger partial charge in [0.2, 0.25) is 0 Å². The number of carboxylic acid groups (broad SMARTS) is 1. The molecule has 0 aliphatic rings. The molecule has 0 fully saturated rings. The van der Waals surface area contributed by atoms with Crippen molar-refractivity contribution in [1.29, 1.82) is 0 Å². The first-order valence-electron chi connectivity index (χ1n) is 4.42. The van der Waals surface area contributed by atoms with Crippen LogP contribution in [0.1, 0.15) is 6.92 Å². The van der Waals surface area contributed by atoms with Crippen molar-refractivity contribution in [1.82, 2.24) is 4.98 Å². The molecule has 0 bridgehead atoms. The van der Waals surface area contributed by atoms with Gasteiger partial charge in [-0.15, -0.1) is 0 Å². The lowest BCUT2D eigenvalue weighted by Gasteiger charge is -2.05. The molecule has 78 valence electrons. The van der Waals surface area contributed by atoms with Crippen molar-refractivity contribution >= 4 is 27.5 Å². The monoisotopic (exact) mass is 223 g/mol. The number of benzene rings is 1. The van der Waals surface area contributed by atoms with Crippen LogP contribution in [-0.4, -0.2) is 22.2 Å². The predicted octanol–water partition coefficient (Wildman–Crippen LogP) is 2.15. The Labute approximate surface area is 90.1 Å². The maximum Gasteiger partial charge on any atom is 0.344 e. The van der Waals surface area contributed by atoms with E-state index in [1.54, 1.807) is 0 Å². The molecular weight excluding hydrogens is 214 g/mol. The van der Waals surface area contributed by atoms with Crippen molar-refractivity contribution in [2.45, 2.75) is 13.0 Å². The summed E-state index contributed by atoms with van der Waals surface area (Å²) in [6.07, 6.45) is -0.870. The molecule has 0 amide bonds. The smallest absolute Gasteiger partial charge is 0.344 e. The maximum absolute atomic E-state index is 10.6. The number of thiazole rings is 1. The number of nitrogens with zero attached hydrogens (tertiary/aromatic N) is 1. The van der Waals surface area contributed by atoms with Crippen LogP contribution in [0.2, 0.25) is 0 Å². The third-order valence-corrected chi connectivity index (χ3v) is 2.83. The highest BCUT2D eigenvalue weighted by Crippen LogP contribution is 2.27. The Morgan fingerprint density at radius 3 is 2.93 bits per heavy atom. The van der Waals surface area contributed by atoms with Gasteiger partial charge >= 0.3 is 5.97 Å². The first-order chi connectivity index (χ1) is 7.16. The van der Waals surface area contributed by atoms with Crippen LogP contribution in [0, 0.1) is 0 Å². The van der Waals surface area contributed by atoms with Gasteiger partial charge in [0.1, 0.15) is 0 Å². The van der Waals surface area contributed by atoms with E-state index in [0.29, 0.717) is 5.19 Å². The Kier molecular flexibility index (Phi) is 2.55. The minimum Gasteiger partial charge on any atom is -0.479 e. The Balaban J connectivity index is 2.26. The zero-order valence-electron chi connectivity index (χ0n) is 8.01. The number of fused-ring (bicyclic) bond motifs is 1. The molecule has 0 radical (unpaired) electrons. The quantitative estimate of drug-likeness (QED) is 0.866. The van der Waals surface area contributed by atoms with Crippen LogP contribution in [0.5, 0.6) is 5.19 Å². The van der Waals surface area contributed by atoms with E-state index in [1.165, 1.54) is 18.3 Å². The van der Waals surface area contributed by atoms with E-state index in [0.717, 1.165) is 10.2 Å². The Morgan fingerprint density at radius 1 is 1.53 bits per heavy atom. The van der Waals surface area contributed by atoms with Crippen molar-refractivity contribution in [2.24, 2.45) is 0 Å². The highest BCUT2D eigenvalue weighted by molar-refractivity contribution is 7.20. The van der Waals surface area contributed by atoms with Gasteiger partial charge in [0.15, 0.2) is 6.10 Å². The summed E-state index contributed by atoms with van der Waals surface area (Å²) < 4.78 is 6.16. The Hall–Kier alpha value is -1.62. The van der Waals surface area contributed by atoms with Gasteiger partial charge in [-0.25, -0.2) is 9.78 Å². The maximum atomic E-state index is 10.6. The summed E-state index contributed by atoms with van der Waals surface area (Å²) in [6, 6.07) is 7.58. The van der Waals surface area contributed by atoms with Crippen LogP contribution >= 0.6 is 11.3 Å². The Bertz CT molecular complexity index is 461. The SMILES string of the molecule is C[C@H](Oc1nc2ccccc2s1)C(=O)O. The molecule has 2 aromatic rings. The minimum atomic E-state index is -0.991. The number of carbonyl (C=O) groups is 1. The summed E-state index contributed by atoms with van der Waals surface area (Å²) >= 11 is 1.35. The fraction of sp³-hybridized carbons (Fsp3) is 0.200. The van der Waals surface area contributed by atoms with Crippen LogP contribution in [0.3, 0.4) is 0 Å². The number of hydrogen-bond acceptors (Lipinski definition) is 4. The highest BCUT2D eigenvalue weighted by atomic mass is 32.1. The number of para-hydroxylation sites is 1.